The number of hydrogen-bond acceptors (Lipinski definition) is 4. The summed E-state index contributed by atoms with van der Waals surface area (Å²) in [6, 6.07) is 14.8. The third kappa shape index (κ3) is 5.50. The van der Waals surface area contributed by atoms with Gasteiger partial charge in [0.05, 0.1) is 11.1 Å². The Labute approximate surface area is 180 Å². The van der Waals surface area contributed by atoms with E-state index >= 15 is 0 Å². The van der Waals surface area contributed by atoms with Crippen molar-refractivity contribution in [1.82, 2.24) is 0 Å². The van der Waals surface area contributed by atoms with E-state index in [0.717, 1.165) is 17.5 Å². The maximum atomic E-state index is 12.9. The molecule has 0 bridgehead atoms. The molecule has 3 unspecified atom stereocenters. The Kier molecular flexibility index (Phi) is 8.22. The van der Waals surface area contributed by atoms with Crippen molar-refractivity contribution in [3.05, 3.63) is 70.8 Å². The normalized spacial score (nSPS) is 15.0. The highest BCUT2D eigenvalue weighted by Crippen LogP contribution is 2.35. The minimum Gasteiger partial charge on any atom is -0.461 e. The molecular formula is C26H34O4. The Morgan fingerprint density at radius 3 is 1.87 bits per heavy atom. The van der Waals surface area contributed by atoms with Crippen LogP contribution in [0.3, 0.4) is 0 Å². The van der Waals surface area contributed by atoms with Crippen LogP contribution in [-0.2, 0) is 9.47 Å². The summed E-state index contributed by atoms with van der Waals surface area (Å²) in [5.41, 5.74) is 2.40. The van der Waals surface area contributed by atoms with Gasteiger partial charge in [-0.05, 0) is 49.4 Å². The molecule has 0 aliphatic rings. The fourth-order valence-corrected chi connectivity index (χ4v) is 3.64. The van der Waals surface area contributed by atoms with Gasteiger partial charge in [0.2, 0.25) is 0 Å². The van der Waals surface area contributed by atoms with Crippen molar-refractivity contribution in [3.63, 3.8) is 0 Å². The van der Waals surface area contributed by atoms with Gasteiger partial charge in [-0.15, -0.1) is 0 Å². The van der Waals surface area contributed by atoms with Crippen molar-refractivity contribution in [2.24, 2.45) is 11.3 Å². The molecule has 2 aromatic carbocycles. The first-order valence-corrected chi connectivity index (χ1v) is 10.7. The molecule has 0 fully saturated rings. The fourth-order valence-electron chi connectivity index (χ4n) is 3.64. The lowest BCUT2D eigenvalue weighted by molar-refractivity contribution is -0.0652. The highest BCUT2D eigenvalue weighted by atomic mass is 16.6. The number of carbonyl (C=O) groups excluding carboxylic acids is 2. The van der Waals surface area contributed by atoms with Crippen LogP contribution < -0.4 is 0 Å². The average molecular weight is 411 g/mol. The molecule has 0 saturated heterocycles. The van der Waals surface area contributed by atoms with Crippen LogP contribution in [0.1, 0.15) is 72.4 Å². The van der Waals surface area contributed by atoms with Crippen LogP contribution in [0, 0.1) is 25.2 Å². The fraction of sp³-hybridized carbons (Fsp3) is 0.462. The highest BCUT2D eigenvalue weighted by molar-refractivity contribution is 5.91. The maximum absolute atomic E-state index is 12.9. The molecule has 30 heavy (non-hydrogen) atoms. The van der Waals surface area contributed by atoms with Crippen molar-refractivity contribution < 1.29 is 19.1 Å². The third-order valence-electron chi connectivity index (χ3n) is 6.15. The van der Waals surface area contributed by atoms with Gasteiger partial charge < -0.3 is 9.47 Å². The predicted octanol–water partition coefficient (Wildman–Crippen LogP) is 6.15. The molecule has 4 nitrogen and oxygen atoms in total. The first-order chi connectivity index (χ1) is 14.2. The Balaban J connectivity index is 2.22. The zero-order chi connectivity index (χ0) is 22.3. The minimum absolute atomic E-state index is 0.125. The number of rotatable bonds is 9. The Hall–Kier alpha value is -2.62. The zero-order valence-electron chi connectivity index (χ0n) is 19.0. The van der Waals surface area contributed by atoms with E-state index in [9.17, 15) is 9.59 Å². The van der Waals surface area contributed by atoms with E-state index in [-0.39, 0.29) is 30.6 Å². The van der Waals surface area contributed by atoms with Gasteiger partial charge in [-0.1, -0.05) is 70.5 Å². The van der Waals surface area contributed by atoms with Gasteiger partial charge in [0.25, 0.3) is 0 Å². The molecule has 0 heterocycles. The second-order valence-corrected chi connectivity index (χ2v) is 8.43. The molecule has 0 spiro atoms. The summed E-state index contributed by atoms with van der Waals surface area (Å²) in [6.07, 6.45) is 1.20. The first-order valence-electron chi connectivity index (χ1n) is 10.7. The molecule has 0 aliphatic carbocycles. The number of ether oxygens (including phenoxy) is 2. The van der Waals surface area contributed by atoms with E-state index in [1.165, 1.54) is 0 Å². The Morgan fingerprint density at radius 1 is 0.900 bits per heavy atom. The molecule has 0 amide bonds. The highest BCUT2D eigenvalue weighted by Gasteiger charge is 2.40. The number of carbonyl (C=O) groups is 2. The summed E-state index contributed by atoms with van der Waals surface area (Å²) in [6.45, 7) is 12.2. The maximum Gasteiger partial charge on any atom is 0.338 e. The number of aryl methyl sites for hydroxylation is 2. The van der Waals surface area contributed by atoms with E-state index in [1.807, 2.05) is 64.1 Å². The SMILES string of the molecule is CCC(C)C(OC(=O)c1ccccc1C)C(C)(CC)COC(=O)c1ccccc1C. The number of hydrogen-bond donors (Lipinski definition) is 0. The van der Waals surface area contributed by atoms with Gasteiger partial charge in [-0.3, -0.25) is 0 Å². The molecule has 0 saturated carbocycles. The molecule has 0 aromatic heterocycles. The molecular weight excluding hydrogens is 376 g/mol. The monoisotopic (exact) mass is 410 g/mol. The predicted molar refractivity (Wildman–Crippen MR) is 120 cm³/mol. The van der Waals surface area contributed by atoms with Crippen LogP contribution in [0.4, 0.5) is 0 Å². The molecule has 2 rings (SSSR count). The van der Waals surface area contributed by atoms with E-state index in [1.54, 1.807) is 12.1 Å². The molecule has 3 atom stereocenters. The van der Waals surface area contributed by atoms with E-state index in [2.05, 4.69) is 13.8 Å². The van der Waals surface area contributed by atoms with Crippen LogP contribution in [0.15, 0.2) is 48.5 Å². The second-order valence-electron chi connectivity index (χ2n) is 8.43. The average Bonchev–Trinajstić information content (AvgIpc) is 2.75. The van der Waals surface area contributed by atoms with Crippen molar-refractivity contribution in [3.8, 4) is 0 Å². The largest absolute Gasteiger partial charge is 0.461 e. The quantitative estimate of drug-likeness (QED) is 0.465. The summed E-state index contributed by atoms with van der Waals surface area (Å²) in [5.74, 6) is -0.552. The first kappa shape index (κ1) is 23.7. The standard InChI is InChI=1S/C26H34O4/c1-7-18(3)23(30-25(28)22-16-12-10-14-20(22)5)26(6,8-2)17-29-24(27)21-15-11-9-13-19(21)4/h9-16,18,23H,7-8,17H2,1-6H3. The summed E-state index contributed by atoms with van der Waals surface area (Å²) in [4.78, 5) is 25.6. The van der Waals surface area contributed by atoms with Gasteiger partial charge in [0.15, 0.2) is 0 Å². The van der Waals surface area contributed by atoms with Gasteiger partial charge in [0.1, 0.15) is 12.7 Å². The summed E-state index contributed by atoms with van der Waals surface area (Å²) in [7, 11) is 0. The van der Waals surface area contributed by atoms with E-state index in [4.69, 9.17) is 9.47 Å². The van der Waals surface area contributed by atoms with Crippen LogP contribution >= 0.6 is 0 Å². The molecule has 0 N–H and O–H groups in total. The molecule has 2 aromatic rings. The lowest BCUT2D eigenvalue weighted by Crippen LogP contribution is -2.44. The van der Waals surface area contributed by atoms with E-state index < -0.39 is 5.41 Å². The van der Waals surface area contributed by atoms with Crippen molar-refractivity contribution >= 4 is 11.9 Å². The van der Waals surface area contributed by atoms with Crippen LogP contribution in [-0.4, -0.2) is 24.6 Å². The molecule has 0 aliphatic heterocycles. The lowest BCUT2D eigenvalue weighted by atomic mass is 9.76. The van der Waals surface area contributed by atoms with Gasteiger partial charge in [-0.2, -0.15) is 0 Å². The number of esters is 2. The molecule has 4 heteroatoms. The number of benzene rings is 2. The Bertz CT molecular complexity index is 873. The van der Waals surface area contributed by atoms with Gasteiger partial charge >= 0.3 is 11.9 Å². The second kappa shape index (κ2) is 10.4. The zero-order valence-corrected chi connectivity index (χ0v) is 19.0. The van der Waals surface area contributed by atoms with Gasteiger partial charge in [-0.25, -0.2) is 9.59 Å². The van der Waals surface area contributed by atoms with Crippen LogP contribution in [0.2, 0.25) is 0 Å². The van der Waals surface area contributed by atoms with Crippen molar-refractivity contribution in [2.75, 3.05) is 6.61 Å². The van der Waals surface area contributed by atoms with Crippen LogP contribution in [0.5, 0.6) is 0 Å². The summed E-state index contributed by atoms with van der Waals surface area (Å²) in [5, 5.41) is 0. The minimum atomic E-state index is -0.494. The van der Waals surface area contributed by atoms with Crippen molar-refractivity contribution in [1.29, 1.82) is 0 Å². The summed E-state index contributed by atoms with van der Waals surface area (Å²) < 4.78 is 11.8. The molecule has 162 valence electrons. The topological polar surface area (TPSA) is 52.6 Å². The van der Waals surface area contributed by atoms with Crippen LogP contribution in [0.25, 0.3) is 0 Å². The van der Waals surface area contributed by atoms with E-state index in [0.29, 0.717) is 17.5 Å². The van der Waals surface area contributed by atoms with Gasteiger partial charge in [0, 0.05) is 5.41 Å². The molecule has 0 radical (unpaired) electrons. The Morgan fingerprint density at radius 2 is 1.40 bits per heavy atom. The summed E-state index contributed by atoms with van der Waals surface area (Å²) >= 11 is 0. The lowest BCUT2D eigenvalue weighted by Gasteiger charge is -2.39. The third-order valence-corrected chi connectivity index (χ3v) is 6.15. The van der Waals surface area contributed by atoms with Crippen molar-refractivity contribution in [2.45, 2.75) is 60.5 Å². The smallest absolute Gasteiger partial charge is 0.338 e.